The monoisotopic (exact) mass is 412 g/mol. The Morgan fingerprint density at radius 3 is 2.30 bits per heavy atom. The van der Waals surface area contributed by atoms with Crippen molar-refractivity contribution in [1.29, 1.82) is 0 Å². The average Bonchev–Trinajstić information content (AvgIpc) is 2.76. The number of methoxy groups -OCH3 is 3. The number of hydrogen-bond donors (Lipinski definition) is 2. The van der Waals surface area contributed by atoms with Gasteiger partial charge in [0.25, 0.3) is 0 Å². The van der Waals surface area contributed by atoms with Crippen molar-refractivity contribution >= 4 is 12.0 Å². The topological polar surface area (TPSA) is 95.1 Å². The number of hydrogen-bond acceptors (Lipinski definition) is 6. The van der Waals surface area contributed by atoms with Crippen LogP contribution >= 0.6 is 0 Å². The van der Waals surface area contributed by atoms with E-state index in [1.807, 2.05) is 12.1 Å². The number of amides is 2. The molecule has 1 atom stereocenters. The van der Waals surface area contributed by atoms with Crippen molar-refractivity contribution in [2.75, 3.05) is 21.3 Å². The molecule has 0 spiro atoms. The molecular weight excluding hydrogens is 388 g/mol. The molecule has 2 aromatic carbocycles. The molecule has 30 heavy (non-hydrogen) atoms. The molecule has 8 heteroatoms. The molecule has 0 aliphatic carbocycles. The smallest absolute Gasteiger partial charge is 0.338 e. The maximum Gasteiger partial charge on any atom is 0.338 e. The molecule has 158 valence electrons. The third kappa shape index (κ3) is 4.48. The molecule has 8 nitrogen and oxygen atoms in total. The molecule has 0 radical (unpaired) electrons. The zero-order valence-corrected chi connectivity index (χ0v) is 17.3. The summed E-state index contributed by atoms with van der Waals surface area (Å²) >= 11 is 0. The van der Waals surface area contributed by atoms with Crippen LogP contribution in [0.15, 0.2) is 53.7 Å². The first-order chi connectivity index (χ1) is 14.5. The highest BCUT2D eigenvalue weighted by Gasteiger charge is 2.32. The molecule has 0 aromatic heterocycles. The van der Waals surface area contributed by atoms with Crippen LogP contribution in [0.5, 0.6) is 17.2 Å². The van der Waals surface area contributed by atoms with Crippen LogP contribution in [-0.4, -0.2) is 33.3 Å². The summed E-state index contributed by atoms with van der Waals surface area (Å²) in [4.78, 5) is 25.0. The van der Waals surface area contributed by atoms with Gasteiger partial charge < -0.3 is 29.6 Å². The Hall–Kier alpha value is -3.68. The van der Waals surface area contributed by atoms with Gasteiger partial charge in [0, 0.05) is 5.70 Å². The number of urea groups is 1. The van der Waals surface area contributed by atoms with Gasteiger partial charge in [-0.05, 0) is 42.3 Å². The third-order valence-electron chi connectivity index (χ3n) is 4.76. The van der Waals surface area contributed by atoms with Gasteiger partial charge in [-0.3, -0.25) is 0 Å². The van der Waals surface area contributed by atoms with Crippen LogP contribution in [0.25, 0.3) is 0 Å². The number of carbonyl (C=O) groups excluding carboxylic acids is 2. The number of allylic oxidation sites excluding steroid dienone is 1. The van der Waals surface area contributed by atoms with Crippen LogP contribution in [0.1, 0.15) is 24.1 Å². The normalized spacial score (nSPS) is 15.7. The van der Waals surface area contributed by atoms with Crippen molar-refractivity contribution in [2.24, 2.45) is 0 Å². The van der Waals surface area contributed by atoms with Crippen molar-refractivity contribution in [3.63, 3.8) is 0 Å². The Bertz CT molecular complexity index is 968. The maximum atomic E-state index is 12.9. The molecule has 0 bridgehead atoms. The minimum absolute atomic E-state index is 0.0895. The van der Waals surface area contributed by atoms with Gasteiger partial charge in [-0.2, -0.15) is 0 Å². The molecule has 2 N–H and O–H groups in total. The number of nitrogens with one attached hydrogen (secondary N) is 2. The zero-order chi connectivity index (χ0) is 21.7. The first-order valence-corrected chi connectivity index (χ1v) is 9.27. The van der Waals surface area contributed by atoms with E-state index in [-0.39, 0.29) is 6.61 Å². The van der Waals surface area contributed by atoms with E-state index in [4.69, 9.17) is 18.9 Å². The predicted molar refractivity (Wildman–Crippen MR) is 109 cm³/mol. The van der Waals surface area contributed by atoms with Gasteiger partial charge in [0.2, 0.25) is 0 Å². The quantitative estimate of drug-likeness (QED) is 0.679. The van der Waals surface area contributed by atoms with E-state index in [2.05, 4.69) is 10.6 Å². The van der Waals surface area contributed by atoms with E-state index in [1.165, 1.54) is 14.2 Å². The Kier molecular flexibility index (Phi) is 6.46. The van der Waals surface area contributed by atoms with E-state index in [0.717, 1.165) is 11.3 Å². The predicted octanol–water partition coefficient (Wildman–Crippen LogP) is 3.08. The van der Waals surface area contributed by atoms with E-state index in [1.54, 1.807) is 44.4 Å². The van der Waals surface area contributed by atoms with Gasteiger partial charge in [-0.15, -0.1) is 0 Å². The second kappa shape index (κ2) is 9.21. The van der Waals surface area contributed by atoms with Crippen molar-refractivity contribution in [2.45, 2.75) is 19.6 Å². The maximum absolute atomic E-state index is 12.9. The lowest BCUT2D eigenvalue weighted by atomic mass is 9.95. The van der Waals surface area contributed by atoms with Crippen molar-refractivity contribution < 1.29 is 28.5 Å². The highest BCUT2D eigenvalue weighted by molar-refractivity contribution is 5.95. The van der Waals surface area contributed by atoms with Crippen LogP contribution < -0.4 is 24.8 Å². The summed E-state index contributed by atoms with van der Waals surface area (Å²) in [6, 6.07) is 11.3. The summed E-state index contributed by atoms with van der Waals surface area (Å²) in [7, 11) is 4.65. The van der Waals surface area contributed by atoms with E-state index < -0.39 is 18.0 Å². The lowest BCUT2D eigenvalue weighted by Crippen LogP contribution is -2.45. The van der Waals surface area contributed by atoms with Gasteiger partial charge in [0.05, 0.1) is 32.9 Å². The average molecular weight is 412 g/mol. The lowest BCUT2D eigenvalue weighted by Gasteiger charge is -2.28. The highest BCUT2D eigenvalue weighted by atomic mass is 16.5. The molecule has 0 unspecified atom stereocenters. The zero-order valence-electron chi connectivity index (χ0n) is 17.3. The summed E-state index contributed by atoms with van der Waals surface area (Å²) in [6.45, 7) is 1.75. The largest absolute Gasteiger partial charge is 0.497 e. The molecule has 2 aromatic rings. The van der Waals surface area contributed by atoms with Crippen LogP contribution in [0.3, 0.4) is 0 Å². The molecule has 1 aliphatic heterocycles. The number of rotatable bonds is 7. The first-order valence-electron chi connectivity index (χ1n) is 9.27. The summed E-state index contributed by atoms with van der Waals surface area (Å²) < 4.78 is 21.3. The summed E-state index contributed by atoms with van der Waals surface area (Å²) in [6.07, 6.45) is 0. The fraction of sp³-hybridized carbons (Fsp3) is 0.273. The van der Waals surface area contributed by atoms with Crippen LogP contribution in [0.2, 0.25) is 0 Å². The van der Waals surface area contributed by atoms with Gasteiger partial charge in [0.1, 0.15) is 12.4 Å². The van der Waals surface area contributed by atoms with Crippen molar-refractivity contribution in [3.05, 3.63) is 64.9 Å². The van der Waals surface area contributed by atoms with Gasteiger partial charge in [-0.25, -0.2) is 9.59 Å². The third-order valence-corrected chi connectivity index (χ3v) is 4.76. The minimum Gasteiger partial charge on any atom is -0.497 e. The standard InChI is InChI=1S/C22H24N2O6/c1-13-19(21(25)30-12-14-5-8-16(27-2)9-6-14)20(24-22(26)23-13)15-7-10-17(28-3)18(11-15)29-4/h5-11,20H,12H2,1-4H3,(H2,23,24,26)/t20-/m0/s1. The van der Waals surface area contributed by atoms with E-state index in [0.29, 0.717) is 28.3 Å². The fourth-order valence-corrected chi connectivity index (χ4v) is 3.20. The Labute approximate surface area is 174 Å². The van der Waals surface area contributed by atoms with E-state index >= 15 is 0 Å². The Morgan fingerprint density at radius 2 is 1.67 bits per heavy atom. The van der Waals surface area contributed by atoms with E-state index in [9.17, 15) is 9.59 Å². The van der Waals surface area contributed by atoms with Crippen LogP contribution in [0.4, 0.5) is 4.79 Å². The summed E-state index contributed by atoms with van der Waals surface area (Å²) in [5, 5.41) is 5.41. The fourth-order valence-electron chi connectivity index (χ4n) is 3.20. The van der Waals surface area contributed by atoms with Gasteiger partial charge in [0.15, 0.2) is 11.5 Å². The number of carbonyl (C=O) groups is 2. The number of benzene rings is 2. The molecule has 0 saturated heterocycles. The summed E-state index contributed by atoms with van der Waals surface area (Å²) in [5.74, 6) is 1.23. The number of esters is 1. The molecule has 3 rings (SSSR count). The van der Waals surface area contributed by atoms with Crippen molar-refractivity contribution in [3.8, 4) is 17.2 Å². The summed E-state index contributed by atoms with van der Waals surface area (Å²) in [5.41, 5.74) is 2.23. The molecule has 1 heterocycles. The first kappa shape index (κ1) is 21.0. The molecule has 0 fully saturated rings. The Balaban J connectivity index is 1.84. The van der Waals surface area contributed by atoms with Gasteiger partial charge >= 0.3 is 12.0 Å². The second-order valence-electron chi connectivity index (χ2n) is 6.61. The Morgan fingerprint density at radius 1 is 0.967 bits per heavy atom. The molecular formula is C22H24N2O6. The lowest BCUT2D eigenvalue weighted by molar-refractivity contribution is -0.140. The number of ether oxygens (including phenoxy) is 4. The van der Waals surface area contributed by atoms with Crippen molar-refractivity contribution in [1.82, 2.24) is 10.6 Å². The second-order valence-corrected chi connectivity index (χ2v) is 6.61. The molecule has 0 saturated carbocycles. The molecule has 1 aliphatic rings. The molecule has 2 amide bonds. The van der Waals surface area contributed by atoms with Crippen LogP contribution in [0, 0.1) is 0 Å². The van der Waals surface area contributed by atoms with Gasteiger partial charge in [-0.1, -0.05) is 18.2 Å². The minimum atomic E-state index is -0.693. The SMILES string of the molecule is COc1ccc(COC(=O)C2=C(C)NC(=O)N[C@H]2c2ccc(OC)c(OC)c2)cc1. The highest BCUT2D eigenvalue weighted by Crippen LogP contribution is 2.34. The van der Waals surface area contributed by atoms with Crippen LogP contribution in [-0.2, 0) is 16.1 Å².